The highest BCUT2D eigenvalue weighted by molar-refractivity contribution is 9.10. The van der Waals surface area contributed by atoms with Gasteiger partial charge in [-0.05, 0) is 34.4 Å². The van der Waals surface area contributed by atoms with Crippen LogP contribution in [0.15, 0.2) is 46.9 Å². The van der Waals surface area contributed by atoms with Crippen molar-refractivity contribution in [3.8, 4) is 5.75 Å². The van der Waals surface area contributed by atoms with Gasteiger partial charge in [0.05, 0.1) is 0 Å². The fraction of sp³-hybridized carbons (Fsp3) is 0.0667. The zero-order chi connectivity index (χ0) is 11.4. The van der Waals surface area contributed by atoms with Crippen molar-refractivity contribution in [2.24, 2.45) is 0 Å². The first-order chi connectivity index (χ1) is 8.33. The molecule has 0 atom stereocenters. The van der Waals surface area contributed by atoms with E-state index < -0.39 is 0 Å². The molecule has 0 spiro atoms. The van der Waals surface area contributed by atoms with E-state index in [1.54, 1.807) is 0 Å². The second kappa shape index (κ2) is 3.23. The lowest BCUT2D eigenvalue weighted by atomic mass is 9.98. The Morgan fingerprint density at radius 2 is 1.88 bits per heavy atom. The van der Waals surface area contributed by atoms with Crippen LogP contribution in [0, 0.1) is 0 Å². The van der Waals surface area contributed by atoms with Gasteiger partial charge in [0.25, 0.3) is 0 Å². The lowest BCUT2D eigenvalue weighted by Gasteiger charge is -2.05. The zero-order valence-corrected chi connectivity index (χ0v) is 10.6. The molecule has 82 valence electrons. The van der Waals surface area contributed by atoms with Gasteiger partial charge in [-0.15, -0.1) is 0 Å². The standard InChI is InChI=1S/C15H9BrO/c16-11-6-13-12-4-2-1-3-9(12)5-10-8-17-14(7-11)15(10)13/h1-7H,8H2. The van der Waals surface area contributed by atoms with Crippen molar-refractivity contribution in [3.05, 3.63) is 52.5 Å². The molecule has 3 aromatic carbocycles. The molecule has 0 saturated carbocycles. The van der Waals surface area contributed by atoms with E-state index in [1.165, 1.54) is 27.1 Å². The van der Waals surface area contributed by atoms with Crippen LogP contribution in [0.3, 0.4) is 0 Å². The second-order valence-electron chi connectivity index (χ2n) is 4.37. The third-order valence-electron chi connectivity index (χ3n) is 3.35. The maximum absolute atomic E-state index is 5.74. The monoisotopic (exact) mass is 284 g/mol. The highest BCUT2D eigenvalue weighted by atomic mass is 79.9. The van der Waals surface area contributed by atoms with E-state index in [9.17, 15) is 0 Å². The summed E-state index contributed by atoms with van der Waals surface area (Å²) in [5, 5.41) is 5.12. The SMILES string of the molecule is Brc1cc2c3c(cc4ccccc4c3c1)CO2. The van der Waals surface area contributed by atoms with Crippen molar-refractivity contribution < 1.29 is 4.74 Å². The largest absolute Gasteiger partial charge is 0.488 e. The first-order valence-corrected chi connectivity index (χ1v) is 6.39. The minimum absolute atomic E-state index is 0.688. The van der Waals surface area contributed by atoms with Gasteiger partial charge >= 0.3 is 0 Å². The van der Waals surface area contributed by atoms with E-state index in [1.807, 2.05) is 6.07 Å². The second-order valence-corrected chi connectivity index (χ2v) is 5.29. The van der Waals surface area contributed by atoms with E-state index in [2.05, 4.69) is 52.3 Å². The smallest absolute Gasteiger partial charge is 0.129 e. The summed E-state index contributed by atoms with van der Waals surface area (Å²) < 4.78 is 6.81. The molecule has 0 unspecified atom stereocenters. The highest BCUT2D eigenvalue weighted by Gasteiger charge is 2.18. The van der Waals surface area contributed by atoms with E-state index in [0.29, 0.717) is 6.61 Å². The van der Waals surface area contributed by atoms with E-state index >= 15 is 0 Å². The molecular formula is C15H9BrO. The molecule has 1 heterocycles. The van der Waals surface area contributed by atoms with Crippen LogP contribution in [0.5, 0.6) is 5.75 Å². The normalized spacial score (nSPS) is 13.2. The van der Waals surface area contributed by atoms with Gasteiger partial charge in [0.2, 0.25) is 0 Å². The lowest BCUT2D eigenvalue weighted by molar-refractivity contribution is 0.327. The number of fused-ring (bicyclic) bond motifs is 2. The van der Waals surface area contributed by atoms with Crippen molar-refractivity contribution in [3.63, 3.8) is 0 Å². The maximum atomic E-state index is 5.74. The molecule has 0 radical (unpaired) electrons. The van der Waals surface area contributed by atoms with Gasteiger partial charge < -0.3 is 4.74 Å². The number of halogens is 1. The van der Waals surface area contributed by atoms with Crippen molar-refractivity contribution in [2.45, 2.75) is 6.61 Å². The summed E-state index contributed by atoms with van der Waals surface area (Å²) in [6, 6.07) is 15.0. The van der Waals surface area contributed by atoms with E-state index in [-0.39, 0.29) is 0 Å². The average molecular weight is 285 g/mol. The quantitative estimate of drug-likeness (QED) is 0.546. The molecule has 1 aliphatic heterocycles. The van der Waals surface area contributed by atoms with Crippen LogP contribution in [-0.4, -0.2) is 0 Å². The van der Waals surface area contributed by atoms with Gasteiger partial charge in [0.15, 0.2) is 0 Å². The molecule has 3 aromatic rings. The molecule has 0 aromatic heterocycles. The summed E-state index contributed by atoms with van der Waals surface area (Å²) >= 11 is 3.55. The Hall–Kier alpha value is -1.54. The van der Waals surface area contributed by atoms with E-state index in [0.717, 1.165) is 10.2 Å². The third kappa shape index (κ3) is 1.25. The highest BCUT2D eigenvalue weighted by Crippen LogP contribution is 2.41. The topological polar surface area (TPSA) is 9.23 Å². The molecule has 1 nitrogen and oxygen atoms in total. The molecule has 0 N–H and O–H groups in total. The average Bonchev–Trinajstić information content (AvgIpc) is 2.73. The molecule has 0 fully saturated rings. The van der Waals surface area contributed by atoms with Gasteiger partial charge in [0, 0.05) is 15.4 Å². The molecule has 1 aliphatic rings. The third-order valence-corrected chi connectivity index (χ3v) is 3.81. The minimum atomic E-state index is 0.688. The summed E-state index contributed by atoms with van der Waals surface area (Å²) in [6.45, 7) is 0.688. The summed E-state index contributed by atoms with van der Waals surface area (Å²) in [4.78, 5) is 0. The summed E-state index contributed by atoms with van der Waals surface area (Å²) in [6.07, 6.45) is 0. The molecule has 0 saturated heterocycles. The van der Waals surface area contributed by atoms with Crippen LogP contribution < -0.4 is 4.74 Å². The lowest BCUT2D eigenvalue weighted by Crippen LogP contribution is -1.84. The van der Waals surface area contributed by atoms with Gasteiger partial charge in [-0.3, -0.25) is 0 Å². The van der Waals surface area contributed by atoms with Crippen molar-refractivity contribution >= 4 is 37.5 Å². The Morgan fingerprint density at radius 3 is 2.82 bits per heavy atom. The summed E-state index contributed by atoms with van der Waals surface area (Å²) in [5.41, 5.74) is 1.29. The van der Waals surface area contributed by atoms with Gasteiger partial charge in [-0.2, -0.15) is 0 Å². The van der Waals surface area contributed by atoms with Crippen molar-refractivity contribution in [1.82, 2.24) is 0 Å². The van der Waals surface area contributed by atoms with Crippen LogP contribution in [0.4, 0.5) is 0 Å². The Kier molecular flexibility index (Phi) is 1.80. The van der Waals surface area contributed by atoms with Gasteiger partial charge in [-0.25, -0.2) is 0 Å². The number of ether oxygens (including phenoxy) is 1. The Labute approximate surface area is 107 Å². The first-order valence-electron chi connectivity index (χ1n) is 5.59. The maximum Gasteiger partial charge on any atom is 0.129 e. The fourth-order valence-electron chi connectivity index (χ4n) is 2.64. The number of hydrogen-bond donors (Lipinski definition) is 0. The summed E-state index contributed by atoms with van der Waals surface area (Å²) in [5.74, 6) is 0.995. The van der Waals surface area contributed by atoms with Crippen LogP contribution in [0.2, 0.25) is 0 Å². The van der Waals surface area contributed by atoms with Crippen molar-refractivity contribution in [1.29, 1.82) is 0 Å². The summed E-state index contributed by atoms with van der Waals surface area (Å²) in [7, 11) is 0. The van der Waals surface area contributed by atoms with Gasteiger partial charge in [-0.1, -0.05) is 40.2 Å². The zero-order valence-electron chi connectivity index (χ0n) is 9.03. The number of hydrogen-bond acceptors (Lipinski definition) is 1. The number of rotatable bonds is 0. The molecule has 17 heavy (non-hydrogen) atoms. The minimum Gasteiger partial charge on any atom is -0.488 e. The molecule has 4 rings (SSSR count). The van der Waals surface area contributed by atoms with Crippen LogP contribution in [-0.2, 0) is 6.61 Å². The van der Waals surface area contributed by atoms with Crippen molar-refractivity contribution in [2.75, 3.05) is 0 Å². The van der Waals surface area contributed by atoms with Crippen LogP contribution >= 0.6 is 15.9 Å². The molecule has 2 heteroatoms. The van der Waals surface area contributed by atoms with E-state index in [4.69, 9.17) is 4.74 Å². The Morgan fingerprint density at radius 1 is 1.00 bits per heavy atom. The number of benzene rings is 3. The molecule has 0 aliphatic carbocycles. The molecular weight excluding hydrogens is 276 g/mol. The Balaban J connectivity index is 2.34. The molecule has 0 amide bonds. The molecule has 0 bridgehead atoms. The van der Waals surface area contributed by atoms with Gasteiger partial charge in [0.1, 0.15) is 12.4 Å². The van der Waals surface area contributed by atoms with Crippen LogP contribution in [0.1, 0.15) is 5.56 Å². The predicted octanol–water partition coefficient (Wildman–Crippen LogP) is 4.65. The first kappa shape index (κ1) is 9.49. The Bertz CT molecular complexity index is 762. The predicted molar refractivity (Wildman–Crippen MR) is 73.5 cm³/mol. The van der Waals surface area contributed by atoms with Crippen LogP contribution in [0.25, 0.3) is 21.5 Å². The fourth-order valence-corrected chi connectivity index (χ4v) is 3.07.